The fourth-order valence-electron chi connectivity index (χ4n) is 2.22. The van der Waals surface area contributed by atoms with Crippen LogP contribution in [0.3, 0.4) is 0 Å². The van der Waals surface area contributed by atoms with Crippen molar-refractivity contribution >= 4 is 34.0 Å². The highest BCUT2D eigenvalue weighted by atomic mass is 35.5. The summed E-state index contributed by atoms with van der Waals surface area (Å²) in [6.07, 6.45) is -3.16. The van der Waals surface area contributed by atoms with Crippen LogP contribution in [-0.2, 0) is 6.18 Å². The number of methoxy groups -OCH3 is 1. The molecule has 1 N–H and O–H groups in total. The lowest BCUT2D eigenvalue weighted by Crippen LogP contribution is -2.06. The number of nitrogens with zero attached hydrogens (tertiary/aromatic N) is 2. The van der Waals surface area contributed by atoms with Crippen LogP contribution < -0.4 is 10.1 Å². The fraction of sp³-hybridized carbons (Fsp3) is 0.125. The molecule has 0 saturated heterocycles. The maximum Gasteiger partial charge on any atom is 0.416 e. The van der Waals surface area contributed by atoms with Crippen LogP contribution in [-0.4, -0.2) is 17.1 Å². The zero-order valence-electron chi connectivity index (χ0n) is 12.4. The Labute approximate surface area is 140 Å². The van der Waals surface area contributed by atoms with Gasteiger partial charge in [0.2, 0.25) is 0 Å². The Morgan fingerprint density at radius 3 is 2.58 bits per heavy atom. The van der Waals surface area contributed by atoms with Crippen LogP contribution in [0.5, 0.6) is 5.75 Å². The minimum atomic E-state index is -4.49. The largest absolute Gasteiger partial charge is 0.497 e. The number of hydrogen-bond acceptors (Lipinski definition) is 4. The van der Waals surface area contributed by atoms with Crippen LogP contribution >= 0.6 is 11.6 Å². The molecule has 124 valence electrons. The van der Waals surface area contributed by atoms with Crippen LogP contribution in [0, 0.1) is 0 Å². The van der Waals surface area contributed by atoms with Gasteiger partial charge in [-0.05, 0) is 36.4 Å². The van der Waals surface area contributed by atoms with Crippen LogP contribution in [0.4, 0.5) is 24.7 Å². The minimum Gasteiger partial charge on any atom is -0.497 e. The van der Waals surface area contributed by atoms with E-state index in [-0.39, 0.29) is 10.7 Å². The van der Waals surface area contributed by atoms with Crippen molar-refractivity contribution in [1.82, 2.24) is 9.97 Å². The van der Waals surface area contributed by atoms with Crippen molar-refractivity contribution in [3.05, 3.63) is 53.3 Å². The lowest BCUT2D eigenvalue weighted by Gasteiger charge is -2.12. The molecule has 0 aliphatic heterocycles. The first-order valence-corrected chi connectivity index (χ1v) is 7.18. The molecule has 1 aromatic heterocycles. The molecule has 0 aliphatic carbocycles. The molecule has 4 nitrogen and oxygen atoms in total. The Kier molecular flexibility index (Phi) is 4.19. The standard InChI is InChI=1S/C16H11ClF3N3O/c1-24-12-2-3-14-13(7-12)15(22-8-21-14)23-11-5-9(16(18,19)20)4-10(17)6-11/h2-8H,1H3,(H,21,22,23). The van der Waals surface area contributed by atoms with Crippen molar-refractivity contribution in [2.75, 3.05) is 12.4 Å². The van der Waals surface area contributed by atoms with E-state index < -0.39 is 11.7 Å². The molecular weight excluding hydrogens is 343 g/mol. The molecular formula is C16H11ClF3N3O. The zero-order chi connectivity index (χ0) is 17.3. The van der Waals surface area contributed by atoms with Crippen molar-refractivity contribution in [2.45, 2.75) is 6.18 Å². The van der Waals surface area contributed by atoms with Gasteiger partial charge in [0.05, 0.1) is 18.2 Å². The summed E-state index contributed by atoms with van der Waals surface area (Å²) in [4.78, 5) is 8.22. The first-order chi connectivity index (χ1) is 11.4. The molecule has 3 aromatic rings. The lowest BCUT2D eigenvalue weighted by atomic mass is 10.1. The van der Waals surface area contributed by atoms with Crippen molar-refractivity contribution in [3.63, 3.8) is 0 Å². The van der Waals surface area contributed by atoms with E-state index in [0.717, 1.165) is 12.1 Å². The molecule has 0 fully saturated rings. The molecule has 24 heavy (non-hydrogen) atoms. The highest BCUT2D eigenvalue weighted by molar-refractivity contribution is 6.31. The maximum atomic E-state index is 12.9. The van der Waals surface area contributed by atoms with E-state index in [9.17, 15) is 13.2 Å². The molecule has 8 heteroatoms. The number of aromatic nitrogens is 2. The third-order valence-corrected chi connectivity index (χ3v) is 3.55. The quantitative estimate of drug-likeness (QED) is 0.715. The molecule has 0 bridgehead atoms. The van der Waals surface area contributed by atoms with Gasteiger partial charge in [0.1, 0.15) is 17.9 Å². The summed E-state index contributed by atoms with van der Waals surface area (Å²) in [5.74, 6) is 0.941. The Morgan fingerprint density at radius 2 is 1.88 bits per heavy atom. The molecule has 0 spiro atoms. The summed E-state index contributed by atoms with van der Waals surface area (Å²) in [6.45, 7) is 0. The third-order valence-electron chi connectivity index (χ3n) is 3.33. The summed E-state index contributed by atoms with van der Waals surface area (Å²) < 4.78 is 43.9. The van der Waals surface area contributed by atoms with Gasteiger partial charge in [0, 0.05) is 16.1 Å². The van der Waals surface area contributed by atoms with E-state index in [4.69, 9.17) is 16.3 Å². The van der Waals surface area contributed by atoms with E-state index in [1.807, 2.05) is 0 Å². The topological polar surface area (TPSA) is 47.0 Å². The molecule has 0 atom stereocenters. The lowest BCUT2D eigenvalue weighted by molar-refractivity contribution is -0.137. The Balaban J connectivity index is 2.05. The first-order valence-electron chi connectivity index (χ1n) is 6.80. The molecule has 0 saturated carbocycles. The molecule has 2 aromatic carbocycles. The number of nitrogens with one attached hydrogen (secondary N) is 1. The average molecular weight is 354 g/mol. The average Bonchev–Trinajstić information content (AvgIpc) is 2.53. The Morgan fingerprint density at radius 1 is 1.08 bits per heavy atom. The van der Waals surface area contributed by atoms with Gasteiger partial charge in [-0.25, -0.2) is 9.97 Å². The van der Waals surface area contributed by atoms with E-state index in [2.05, 4.69) is 15.3 Å². The van der Waals surface area contributed by atoms with Crippen LogP contribution in [0.2, 0.25) is 5.02 Å². The third kappa shape index (κ3) is 3.35. The van der Waals surface area contributed by atoms with Crippen LogP contribution in [0.1, 0.15) is 5.56 Å². The van der Waals surface area contributed by atoms with Gasteiger partial charge >= 0.3 is 6.18 Å². The monoisotopic (exact) mass is 353 g/mol. The second kappa shape index (κ2) is 6.16. The zero-order valence-corrected chi connectivity index (χ0v) is 13.1. The van der Waals surface area contributed by atoms with Gasteiger partial charge in [0.15, 0.2) is 0 Å². The Hall–Kier alpha value is -2.54. The molecule has 0 amide bonds. The Bertz CT molecular complexity index is 899. The number of benzene rings is 2. The van der Waals surface area contributed by atoms with Crippen LogP contribution in [0.25, 0.3) is 10.9 Å². The number of anilines is 2. The van der Waals surface area contributed by atoms with Gasteiger partial charge in [0.25, 0.3) is 0 Å². The highest BCUT2D eigenvalue weighted by Crippen LogP contribution is 2.34. The highest BCUT2D eigenvalue weighted by Gasteiger charge is 2.31. The molecule has 0 aliphatic rings. The van der Waals surface area contributed by atoms with E-state index >= 15 is 0 Å². The summed E-state index contributed by atoms with van der Waals surface area (Å²) in [6, 6.07) is 8.41. The van der Waals surface area contributed by atoms with Gasteiger partial charge in [-0.1, -0.05) is 11.6 Å². The number of alkyl halides is 3. The van der Waals surface area contributed by atoms with E-state index in [0.29, 0.717) is 22.5 Å². The normalized spacial score (nSPS) is 11.5. The number of hydrogen-bond donors (Lipinski definition) is 1. The van der Waals surface area contributed by atoms with E-state index in [1.165, 1.54) is 19.5 Å². The number of fused-ring (bicyclic) bond motifs is 1. The number of halogens is 4. The minimum absolute atomic E-state index is 0.0248. The number of rotatable bonds is 3. The summed E-state index contributed by atoms with van der Waals surface area (Å²) in [5, 5.41) is 3.45. The van der Waals surface area contributed by atoms with Gasteiger partial charge in [-0.15, -0.1) is 0 Å². The van der Waals surface area contributed by atoms with Crippen molar-refractivity contribution < 1.29 is 17.9 Å². The summed E-state index contributed by atoms with van der Waals surface area (Å²) in [5.41, 5.74) is -0.0301. The predicted octanol–water partition coefficient (Wildman–Crippen LogP) is 5.05. The van der Waals surface area contributed by atoms with Gasteiger partial charge in [-0.2, -0.15) is 13.2 Å². The number of ether oxygens (including phenoxy) is 1. The maximum absolute atomic E-state index is 12.9. The van der Waals surface area contributed by atoms with Crippen LogP contribution in [0.15, 0.2) is 42.7 Å². The van der Waals surface area contributed by atoms with Gasteiger partial charge < -0.3 is 10.1 Å². The fourth-order valence-corrected chi connectivity index (χ4v) is 2.46. The van der Waals surface area contributed by atoms with Crippen molar-refractivity contribution in [3.8, 4) is 5.75 Å². The SMILES string of the molecule is COc1ccc2ncnc(Nc3cc(Cl)cc(C(F)(F)F)c3)c2c1. The molecule has 0 unspecified atom stereocenters. The van der Waals surface area contributed by atoms with Gasteiger partial charge in [-0.3, -0.25) is 0 Å². The first kappa shape index (κ1) is 16.3. The molecule has 1 heterocycles. The molecule has 3 rings (SSSR count). The van der Waals surface area contributed by atoms with E-state index in [1.54, 1.807) is 18.2 Å². The summed E-state index contributed by atoms with van der Waals surface area (Å²) >= 11 is 5.80. The van der Waals surface area contributed by atoms with Crippen molar-refractivity contribution in [1.29, 1.82) is 0 Å². The summed E-state index contributed by atoms with van der Waals surface area (Å²) in [7, 11) is 1.52. The van der Waals surface area contributed by atoms with Crippen molar-refractivity contribution in [2.24, 2.45) is 0 Å². The second-order valence-electron chi connectivity index (χ2n) is 4.96. The molecule has 0 radical (unpaired) electrons. The predicted molar refractivity (Wildman–Crippen MR) is 85.8 cm³/mol. The second-order valence-corrected chi connectivity index (χ2v) is 5.39. The smallest absolute Gasteiger partial charge is 0.416 e.